The van der Waals surface area contributed by atoms with Crippen molar-refractivity contribution in [3.05, 3.63) is 42.0 Å². The Morgan fingerprint density at radius 2 is 2.25 bits per heavy atom. The molecule has 1 aromatic carbocycles. The molecule has 2 N–H and O–H groups in total. The molecule has 2 aromatic rings. The molecule has 0 unspecified atom stereocenters. The lowest BCUT2D eigenvalue weighted by Crippen LogP contribution is -1.82. The van der Waals surface area contributed by atoms with E-state index in [9.17, 15) is 5.11 Å². The predicted molar refractivity (Wildman–Crippen MR) is 62.7 cm³/mol. The number of aromatic hydroxyl groups is 1. The van der Waals surface area contributed by atoms with Crippen LogP contribution in [0.1, 0.15) is 11.4 Å². The van der Waals surface area contributed by atoms with Gasteiger partial charge < -0.3 is 10.1 Å². The number of phenols is 1. The number of H-pyrrole nitrogens is 1. The first-order chi connectivity index (χ1) is 7.83. The van der Waals surface area contributed by atoms with Gasteiger partial charge in [-0.2, -0.15) is 0 Å². The quantitative estimate of drug-likeness (QED) is 0.760. The molecule has 0 saturated carbocycles. The number of nitrogens with zero attached hydrogens (tertiary/aromatic N) is 2. The largest absolute Gasteiger partial charge is 0.508 e. The number of benzene rings is 1. The van der Waals surface area contributed by atoms with Crippen LogP contribution in [0, 0.1) is 0 Å². The molecule has 0 saturated heterocycles. The smallest absolute Gasteiger partial charge is 0.130 e. The molecule has 4 heteroatoms. The Bertz CT molecular complexity index is 582. The van der Waals surface area contributed by atoms with Gasteiger partial charge in [0.15, 0.2) is 0 Å². The highest BCUT2D eigenvalue weighted by atomic mass is 16.3. The molecule has 1 aliphatic heterocycles. The van der Waals surface area contributed by atoms with Crippen LogP contribution >= 0.6 is 0 Å². The van der Waals surface area contributed by atoms with Crippen LogP contribution in [-0.4, -0.2) is 21.3 Å². The number of nitrogens with one attached hydrogen (secondary N) is 1. The summed E-state index contributed by atoms with van der Waals surface area (Å²) in [5, 5.41) is 9.43. The normalized spacial score (nSPS) is 15.6. The van der Waals surface area contributed by atoms with Crippen LogP contribution in [0.5, 0.6) is 5.75 Å². The molecule has 0 aliphatic carbocycles. The maximum atomic E-state index is 9.43. The Balaban J connectivity index is 2.09. The summed E-state index contributed by atoms with van der Waals surface area (Å²) < 4.78 is 0. The number of aromatic nitrogens is 2. The number of hydrogen-bond donors (Lipinski definition) is 2. The van der Waals surface area contributed by atoms with Gasteiger partial charge in [-0.05, 0) is 24.3 Å². The van der Waals surface area contributed by atoms with E-state index in [-0.39, 0.29) is 5.75 Å². The highest BCUT2D eigenvalue weighted by molar-refractivity contribution is 6.21. The summed E-state index contributed by atoms with van der Waals surface area (Å²) in [5.74, 6) is 1.02. The van der Waals surface area contributed by atoms with Crippen LogP contribution in [0.25, 0.3) is 11.6 Å². The zero-order valence-electron chi connectivity index (χ0n) is 8.38. The molecular formula is C12H9N3O. The molecule has 3 rings (SSSR count). The first-order valence-electron chi connectivity index (χ1n) is 4.91. The molecule has 0 fully saturated rings. The predicted octanol–water partition coefficient (Wildman–Crippen LogP) is 2.37. The minimum atomic E-state index is 0.245. The Morgan fingerprint density at radius 3 is 3.06 bits per heavy atom. The van der Waals surface area contributed by atoms with Gasteiger partial charge >= 0.3 is 0 Å². The third-order valence-electron chi connectivity index (χ3n) is 2.45. The van der Waals surface area contributed by atoms with Gasteiger partial charge in [0.25, 0.3) is 0 Å². The number of aromatic amines is 1. The minimum absolute atomic E-state index is 0.245. The molecule has 0 radical (unpaired) electrons. The lowest BCUT2D eigenvalue weighted by atomic mass is 10.1. The highest BCUT2D eigenvalue weighted by Gasteiger charge is 2.12. The van der Waals surface area contributed by atoms with Crippen LogP contribution in [-0.2, 0) is 0 Å². The monoisotopic (exact) mass is 211 g/mol. The molecule has 2 heterocycles. The molecule has 1 aliphatic rings. The molecule has 4 nitrogen and oxygen atoms in total. The van der Waals surface area contributed by atoms with Gasteiger partial charge in [0, 0.05) is 29.7 Å². The van der Waals surface area contributed by atoms with Crippen LogP contribution in [0.2, 0.25) is 0 Å². The van der Waals surface area contributed by atoms with E-state index in [0.717, 1.165) is 22.6 Å². The number of hydrogen-bond acceptors (Lipinski definition) is 3. The Kier molecular flexibility index (Phi) is 1.86. The van der Waals surface area contributed by atoms with E-state index < -0.39 is 0 Å². The van der Waals surface area contributed by atoms with Crippen molar-refractivity contribution in [1.82, 2.24) is 9.97 Å². The van der Waals surface area contributed by atoms with Crippen molar-refractivity contribution in [2.24, 2.45) is 4.99 Å². The first-order valence-corrected chi connectivity index (χ1v) is 4.91. The molecule has 78 valence electrons. The van der Waals surface area contributed by atoms with Crippen molar-refractivity contribution >= 4 is 23.6 Å². The summed E-state index contributed by atoms with van der Waals surface area (Å²) in [7, 11) is 0. The zero-order chi connectivity index (χ0) is 11.0. The number of aliphatic imine (C=N–C) groups is 1. The van der Waals surface area contributed by atoms with Crippen molar-refractivity contribution in [2.45, 2.75) is 0 Å². The lowest BCUT2D eigenvalue weighted by Gasteiger charge is -1.99. The standard InChI is InChI=1S/C12H9N3O/c16-9-1-2-11-10(6-9)8(7-15-11)5-12-13-3-4-14-12/h1-7,16H,(H,13,14). The van der Waals surface area contributed by atoms with Crippen LogP contribution in [0.4, 0.5) is 5.69 Å². The third kappa shape index (κ3) is 1.40. The maximum absolute atomic E-state index is 9.43. The number of rotatable bonds is 1. The molecule has 16 heavy (non-hydrogen) atoms. The van der Waals surface area contributed by atoms with E-state index in [1.54, 1.807) is 36.8 Å². The fourth-order valence-electron chi connectivity index (χ4n) is 1.70. The van der Waals surface area contributed by atoms with Crippen molar-refractivity contribution in [2.75, 3.05) is 0 Å². The molecule has 0 bridgehead atoms. The Labute approximate surface area is 92.0 Å². The zero-order valence-corrected chi connectivity index (χ0v) is 8.38. The van der Waals surface area contributed by atoms with Gasteiger partial charge in [-0.25, -0.2) is 4.98 Å². The average molecular weight is 211 g/mol. The summed E-state index contributed by atoms with van der Waals surface area (Å²) in [6.45, 7) is 0. The average Bonchev–Trinajstić information content (AvgIpc) is 2.90. The van der Waals surface area contributed by atoms with Gasteiger partial charge in [0.2, 0.25) is 0 Å². The summed E-state index contributed by atoms with van der Waals surface area (Å²) in [5.41, 5.74) is 2.74. The van der Waals surface area contributed by atoms with Crippen molar-refractivity contribution in [3.8, 4) is 5.75 Å². The van der Waals surface area contributed by atoms with Gasteiger partial charge in [-0.3, -0.25) is 4.99 Å². The maximum Gasteiger partial charge on any atom is 0.130 e. The SMILES string of the molecule is Oc1ccc2c(c1)C(=Cc1ncc[nH]1)C=N2. The highest BCUT2D eigenvalue weighted by Crippen LogP contribution is 2.34. The molecule has 0 amide bonds. The minimum Gasteiger partial charge on any atom is -0.508 e. The van der Waals surface area contributed by atoms with Gasteiger partial charge in [0.05, 0.1) is 5.69 Å². The fourth-order valence-corrected chi connectivity index (χ4v) is 1.70. The van der Waals surface area contributed by atoms with E-state index in [0.29, 0.717) is 0 Å². The van der Waals surface area contributed by atoms with Crippen LogP contribution < -0.4 is 0 Å². The van der Waals surface area contributed by atoms with E-state index in [1.165, 1.54) is 0 Å². The number of fused-ring (bicyclic) bond motifs is 1. The summed E-state index contributed by atoms with van der Waals surface area (Å²) in [6, 6.07) is 5.13. The second-order valence-corrected chi connectivity index (χ2v) is 3.53. The fraction of sp³-hybridized carbons (Fsp3) is 0. The van der Waals surface area contributed by atoms with Crippen molar-refractivity contribution in [1.29, 1.82) is 0 Å². The molecular weight excluding hydrogens is 202 g/mol. The number of allylic oxidation sites excluding steroid dienone is 1. The first kappa shape index (κ1) is 8.91. The van der Waals surface area contributed by atoms with Crippen molar-refractivity contribution in [3.63, 3.8) is 0 Å². The third-order valence-corrected chi connectivity index (χ3v) is 2.45. The summed E-state index contributed by atoms with van der Waals surface area (Å²) >= 11 is 0. The van der Waals surface area contributed by atoms with E-state index >= 15 is 0 Å². The lowest BCUT2D eigenvalue weighted by molar-refractivity contribution is 0.475. The van der Waals surface area contributed by atoms with Crippen LogP contribution in [0.3, 0.4) is 0 Å². The second kappa shape index (κ2) is 3.34. The Hall–Kier alpha value is -2.36. The number of imidazole rings is 1. The summed E-state index contributed by atoms with van der Waals surface area (Å²) in [4.78, 5) is 11.4. The van der Waals surface area contributed by atoms with Crippen LogP contribution in [0.15, 0.2) is 35.6 Å². The summed E-state index contributed by atoms with van der Waals surface area (Å²) in [6.07, 6.45) is 7.13. The van der Waals surface area contributed by atoms with Gasteiger partial charge in [-0.1, -0.05) is 0 Å². The molecule has 0 spiro atoms. The van der Waals surface area contributed by atoms with E-state index in [2.05, 4.69) is 15.0 Å². The van der Waals surface area contributed by atoms with E-state index in [4.69, 9.17) is 0 Å². The second-order valence-electron chi connectivity index (χ2n) is 3.53. The Morgan fingerprint density at radius 1 is 1.31 bits per heavy atom. The van der Waals surface area contributed by atoms with E-state index in [1.807, 2.05) is 6.08 Å². The topological polar surface area (TPSA) is 61.3 Å². The number of phenolic OH excluding ortho intramolecular Hbond substituents is 1. The van der Waals surface area contributed by atoms with Crippen molar-refractivity contribution < 1.29 is 5.11 Å². The van der Waals surface area contributed by atoms with Gasteiger partial charge in [0.1, 0.15) is 11.6 Å². The van der Waals surface area contributed by atoms with Gasteiger partial charge in [-0.15, -0.1) is 0 Å². The molecule has 0 atom stereocenters. The molecule has 1 aromatic heterocycles.